The first-order valence-corrected chi connectivity index (χ1v) is 3.83. The molecule has 0 aromatic heterocycles. The highest BCUT2D eigenvalue weighted by molar-refractivity contribution is 6.10. The summed E-state index contributed by atoms with van der Waals surface area (Å²) < 4.78 is 0. The fourth-order valence-corrected chi connectivity index (χ4v) is 0.958. The zero-order valence-corrected chi connectivity index (χ0v) is 6.79. The molecule has 0 aliphatic rings. The van der Waals surface area contributed by atoms with E-state index in [1.807, 2.05) is 30.3 Å². The van der Waals surface area contributed by atoms with E-state index in [4.69, 9.17) is 7.85 Å². The van der Waals surface area contributed by atoms with Crippen molar-refractivity contribution < 1.29 is 4.79 Å². The number of benzene rings is 1. The second kappa shape index (κ2) is 4.60. The smallest absolute Gasteiger partial charge is 0.221 e. The van der Waals surface area contributed by atoms with Crippen LogP contribution in [0.1, 0.15) is 5.56 Å². The van der Waals surface area contributed by atoms with Crippen LogP contribution in [0.4, 0.5) is 0 Å². The number of hydrogen-bond acceptors (Lipinski definition) is 1. The van der Waals surface area contributed by atoms with E-state index in [2.05, 4.69) is 5.32 Å². The van der Waals surface area contributed by atoms with Gasteiger partial charge in [0, 0.05) is 0 Å². The highest BCUT2D eigenvalue weighted by Gasteiger charge is 1.97. The van der Waals surface area contributed by atoms with E-state index < -0.39 is 0 Å². The normalized spacial score (nSPS) is 9.42. The Bertz CT molecular complexity index is 248. The van der Waals surface area contributed by atoms with E-state index in [1.54, 1.807) is 0 Å². The second-order valence-corrected chi connectivity index (χ2v) is 2.47. The number of rotatable bonds is 3. The van der Waals surface area contributed by atoms with Crippen LogP contribution >= 0.6 is 0 Å². The minimum atomic E-state index is -0.0382. The van der Waals surface area contributed by atoms with E-state index in [-0.39, 0.29) is 12.4 Å². The lowest BCUT2D eigenvalue weighted by atomic mass is 10.1. The predicted octanol–water partition coefficient (Wildman–Crippen LogP) is 0.471. The summed E-state index contributed by atoms with van der Waals surface area (Å²) >= 11 is 0. The number of amides is 1. The molecule has 0 atom stereocenters. The maximum absolute atomic E-state index is 11.0. The molecule has 0 aliphatic carbocycles. The Hall–Kier alpha value is -1.25. The van der Waals surface area contributed by atoms with Crippen molar-refractivity contribution in [3.8, 4) is 0 Å². The van der Waals surface area contributed by atoms with Gasteiger partial charge in [-0.15, -0.1) is 0 Å². The second-order valence-electron chi connectivity index (χ2n) is 2.47. The van der Waals surface area contributed by atoms with Crippen LogP contribution in [0, 0.1) is 0 Å². The Morgan fingerprint density at radius 3 is 2.58 bits per heavy atom. The summed E-state index contributed by atoms with van der Waals surface area (Å²) in [6, 6.07) is 9.56. The third-order valence-corrected chi connectivity index (χ3v) is 1.51. The first-order valence-electron chi connectivity index (χ1n) is 3.83. The Balaban J connectivity index is 2.47. The standard InChI is InChI=1S/C9H10BNO/c10-7-11-9(12)6-8-4-2-1-3-5-8/h1-5H,6-7H2,(H,11,12)/q-1. The van der Waals surface area contributed by atoms with Crippen molar-refractivity contribution in [3.05, 3.63) is 35.9 Å². The number of nitrogens with one attached hydrogen (secondary N) is 1. The van der Waals surface area contributed by atoms with Gasteiger partial charge < -0.3 is 13.2 Å². The lowest BCUT2D eigenvalue weighted by Crippen LogP contribution is -2.25. The minimum absolute atomic E-state index is 0.0382. The Morgan fingerprint density at radius 2 is 2.00 bits per heavy atom. The topological polar surface area (TPSA) is 29.1 Å². The van der Waals surface area contributed by atoms with Crippen molar-refractivity contribution >= 4 is 13.8 Å². The van der Waals surface area contributed by atoms with Crippen LogP contribution in [0.5, 0.6) is 0 Å². The molecule has 3 radical (unpaired) electrons. The van der Waals surface area contributed by atoms with Crippen LogP contribution < -0.4 is 5.32 Å². The predicted molar refractivity (Wildman–Crippen MR) is 48.9 cm³/mol. The van der Waals surface area contributed by atoms with Gasteiger partial charge in [0.25, 0.3) is 0 Å². The molecule has 0 spiro atoms. The van der Waals surface area contributed by atoms with Gasteiger partial charge in [0.05, 0.1) is 6.42 Å². The largest absolute Gasteiger partial charge is 0.598 e. The van der Waals surface area contributed by atoms with Crippen LogP contribution in [-0.4, -0.2) is 20.2 Å². The van der Waals surface area contributed by atoms with Crippen LogP contribution in [0.15, 0.2) is 30.3 Å². The third-order valence-electron chi connectivity index (χ3n) is 1.51. The van der Waals surface area contributed by atoms with Crippen LogP contribution in [0.3, 0.4) is 0 Å². The molecule has 0 saturated carbocycles. The highest BCUT2D eigenvalue weighted by Crippen LogP contribution is 1.98. The average molecular weight is 159 g/mol. The van der Waals surface area contributed by atoms with E-state index in [0.29, 0.717) is 6.42 Å². The van der Waals surface area contributed by atoms with Crippen LogP contribution in [0.25, 0.3) is 0 Å². The first-order chi connectivity index (χ1) is 5.83. The van der Waals surface area contributed by atoms with Gasteiger partial charge >= 0.3 is 0 Å². The molecule has 61 valence electrons. The fourth-order valence-electron chi connectivity index (χ4n) is 0.958. The molecule has 0 bridgehead atoms. The SMILES string of the molecule is [B-]CNC(=O)Cc1ccccc1. The van der Waals surface area contributed by atoms with Gasteiger partial charge in [-0.1, -0.05) is 30.3 Å². The number of carbonyl (C=O) groups excluding carboxylic acids is 1. The maximum atomic E-state index is 11.0. The summed E-state index contributed by atoms with van der Waals surface area (Å²) in [5.41, 5.74) is 1.00. The molecule has 0 unspecified atom stereocenters. The lowest BCUT2D eigenvalue weighted by molar-refractivity contribution is -0.120. The minimum Gasteiger partial charge on any atom is -0.598 e. The summed E-state index contributed by atoms with van der Waals surface area (Å²) in [5, 5.41) is 2.53. The quantitative estimate of drug-likeness (QED) is 0.638. The van der Waals surface area contributed by atoms with Gasteiger partial charge in [-0.2, -0.15) is 0 Å². The van der Waals surface area contributed by atoms with Gasteiger partial charge in [0.2, 0.25) is 5.91 Å². The molecule has 2 nitrogen and oxygen atoms in total. The summed E-state index contributed by atoms with van der Waals surface area (Å²) in [4.78, 5) is 11.0. The highest BCUT2D eigenvalue weighted by atomic mass is 16.1. The Kier molecular flexibility index (Phi) is 3.39. The van der Waals surface area contributed by atoms with E-state index in [0.717, 1.165) is 5.56 Å². The van der Waals surface area contributed by atoms with Crippen molar-refractivity contribution in [3.63, 3.8) is 0 Å². The average Bonchev–Trinajstić information content (AvgIpc) is 2.06. The van der Waals surface area contributed by atoms with Gasteiger partial charge in [-0.05, 0) is 5.56 Å². The van der Waals surface area contributed by atoms with Crippen LogP contribution in [-0.2, 0) is 11.2 Å². The molecule has 1 amide bonds. The zero-order valence-electron chi connectivity index (χ0n) is 6.79. The van der Waals surface area contributed by atoms with Crippen LogP contribution in [0.2, 0.25) is 0 Å². The van der Waals surface area contributed by atoms with E-state index >= 15 is 0 Å². The molecule has 0 aliphatic heterocycles. The molecule has 12 heavy (non-hydrogen) atoms. The Labute approximate surface area is 73.4 Å². The molecule has 1 aromatic carbocycles. The lowest BCUT2D eigenvalue weighted by Gasteiger charge is -2.07. The van der Waals surface area contributed by atoms with Gasteiger partial charge in [-0.25, -0.2) is 6.44 Å². The van der Waals surface area contributed by atoms with Crippen molar-refractivity contribution in [2.45, 2.75) is 6.42 Å². The van der Waals surface area contributed by atoms with Crippen molar-refractivity contribution in [1.82, 2.24) is 5.32 Å². The summed E-state index contributed by atoms with van der Waals surface area (Å²) in [6.45, 7) is 0. The fraction of sp³-hybridized carbons (Fsp3) is 0.222. The van der Waals surface area contributed by atoms with Gasteiger partial charge in [-0.3, -0.25) is 4.79 Å². The summed E-state index contributed by atoms with van der Waals surface area (Å²) in [6.07, 6.45) is 0.601. The van der Waals surface area contributed by atoms with Crippen molar-refractivity contribution in [2.24, 2.45) is 0 Å². The summed E-state index contributed by atoms with van der Waals surface area (Å²) in [5.74, 6) is -0.0382. The molecule has 1 aromatic rings. The van der Waals surface area contributed by atoms with E-state index in [1.165, 1.54) is 0 Å². The zero-order chi connectivity index (χ0) is 8.81. The van der Waals surface area contributed by atoms with Gasteiger partial charge in [0.15, 0.2) is 0 Å². The molecular weight excluding hydrogens is 149 g/mol. The molecule has 0 fully saturated rings. The molecule has 1 N–H and O–H groups in total. The molecule has 3 heteroatoms. The Morgan fingerprint density at radius 1 is 1.33 bits per heavy atom. The molecular formula is C9H10BNO-. The molecule has 1 rings (SSSR count). The monoisotopic (exact) mass is 159 g/mol. The van der Waals surface area contributed by atoms with E-state index in [9.17, 15) is 4.79 Å². The van der Waals surface area contributed by atoms with Crippen molar-refractivity contribution in [1.29, 1.82) is 0 Å². The molecule has 0 saturated heterocycles. The number of carbonyl (C=O) groups is 1. The molecule has 0 heterocycles. The first kappa shape index (κ1) is 8.85. The van der Waals surface area contributed by atoms with Gasteiger partial charge in [0.1, 0.15) is 0 Å². The maximum Gasteiger partial charge on any atom is 0.221 e. The van der Waals surface area contributed by atoms with Crippen molar-refractivity contribution in [2.75, 3.05) is 6.44 Å². The summed E-state index contributed by atoms with van der Waals surface area (Å²) in [7, 11) is 5.15. The third kappa shape index (κ3) is 2.78. The number of hydrogen-bond donors (Lipinski definition) is 1.